The van der Waals surface area contributed by atoms with E-state index in [9.17, 15) is 9.59 Å². The monoisotopic (exact) mass is 533 g/mol. The Morgan fingerprint density at radius 2 is 1.50 bits per heavy atom. The number of hydrogen-bond donors (Lipinski definition) is 0. The highest BCUT2D eigenvalue weighted by molar-refractivity contribution is 7.80. The van der Waals surface area contributed by atoms with Gasteiger partial charge in [-0.15, -0.1) is 0 Å². The Balaban J connectivity index is 1.60. The van der Waals surface area contributed by atoms with Crippen LogP contribution in [-0.2, 0) is 16.1 Å². The highest BCUT2D eigenvalue weighted by Gasteiger charge is 2.39. The molecule has 2 heterocycles. The van der Waals surface area contributed by atoms with Crippen LogP contribution in [0.5, 0.6) is 0 Å². The van der Waals surface area contributed by atoms with Crippen LogP contribution in [0.15, 0.2) is 84.6 Å². The Morgan fingerprint density at radius 1 is 0.861 bits per heavy atom. The second kappa shape index (κ2) is 9.90. The van der Waals surface area contributed by atoms with Crippen molar-refractivity contribution in [3.05, 3.63) is 106 Å². The van der Waals surface area contributed by atoms with E-state index in [1.807, 2.05) is 61.7 Å². The molecule has 5 rings (SSSR count). The van der Waals surface area contributed by atoms with Crippen LogP contribution in [0.25, 0.3) is 17.0 Å². The van der Waals surface area contributed by atoms with Crippen LogP contribution >= 0.6 is 35.4 Å². The number of likely N-dealkylation sites (N-methyl/N-ethyl adjacent to an activating group) is 1. The van der Waals surface area contributed by atoms with Gasteiger partial charge in [0, 0.05) is 45.8 Å². The molecule has 0 aliphatic carbocycles. The van der Waals surface area contributed by atoms with Gasteiger partial charge in [0.15, 0.2) is 5.11 Å². The summed E-state index contributed by atoms with van der Waals surface area (Å²) in [5.74, 6) is -0.876. The van der Waals surface area contributed by atoms with Crippen LogP contribution in [0, 0.1) is 0 Å². The van der Waals surface area contributed by atoms with E-state index in [-0.39, 0.29) is 10.7 Å². The number of amides is 2. The molecule has 0 unspecified atom stereocenters. The fourth-order valence-electron chi connectivity index (χ4n) is 4.33. The molecule has 1 aliphatic rings. The average molecular weight is 534 g/mol. The van der Waals surface area contributed by atoms with Crippen molar-refractivity contribution in [1.82, 2.24) is 9.47 Å². The molecular formula is C28H21Cl2N3O2S. The average Bonchev–Trinajstić information content (AvgIpc) is 3.22. The minimum Gasteiger partial charge on any atom is -0.342 e. The number of carbonyl (C=O) groups excluding carboxylic acids is 2. The van der Waals surface area contributed by atoms with E-state index in [0.717, 1.165) is 22.0 Å². The van der Waals surface area contributed by atoms with Gasteiger partial charge in [0.1, 0.15) is 5.57 Å². The number of nitrogens with zero attached hydrogens (tertiary/aromatic N) is 3. The molecule has 1 aromatic heterocycles. The van der Waals surface area contributed by atoms with Gasteiger partial charge in [-0.1, -0.05) is 53.5 Å². The van der Waals surface area contributed by atoms with Gasteiger partial charge in [-0.05, 0) is 73.2 Å². The lowest BCUT2D eigenvalue weighted by atomic mass is 10.1. The number of anilines is 1. The lowest BCUT2D eigenvalue weighted by molar-refractivity contribution is -0.127. The molecule has 5 nitrogen and oxygen atoms in total. The smallest absolute Gasteiger partial charge is 0.270 e. The van der Waals surface area contributed by atoms with Gasteiger partial charge in [0.25, 0.3) is 11.8 Å². The van der Waals surface area contributed by atoms with E-state index >= 15 is 0 Å². The van der Waals surface area contributed by atoms with Crippen molar-refractivity contribution < 1.29 is 9.59 Å². The maximum absolute atomic E-state index is 13.6. The molecule has 4 aromatic rings. The molecule has 1 saturated heterocycles. The Labute approximate surface area is 224 Å². The first-order chi connectivity index (χ1) is 17.4. The number of rotatable bonds is 5. The van der Waals surface area contributed by atoms with Gasteiger partial charge < -0.3 is 4.57 Å². The molecular weight excluding hydrogens is 513 g/mol. The molecule has 0 bridgehead atoms. The standard InChI is InChI=1S/C28H21Cl2N3O2S/c1-2-32-26(34)24(27(35)33(28(32)36)22-13-11-21(30)12-14-22)15-19-17-31(25-6-4-3-5-23(19)25)16-18-7-9-20(29)10-8-18/h3-15,17H,2,16H2,1H3/b24-15+. The number of halogens is 2. The number of para-hydroxylation sites is 1. The van der Waals surface area contributed by atoms with Crippen LogP contribution in [0.4, 0.5) is 5.69 Å². The normalized spacial score (nSPS) is 15.4. The maximum Gasteiger partial charge on any atom is 0.270 e. The third kappa shape index (κ3) is 4.44. The van der Waals surface area contributed by atoms with Crippen molar-refractivity contribution in [2.75, 3.05) is 11.4 Å². The molecule has 0 N–H and O–H groups in total. The minimum absolute atomic E-state index is 0.0507. The zero-order valence-corrected chi connectivity index (χ0v) is 21.6. The third-order valence-corrected chi connectivity index (χ3v) is 7.02. The van der Waals surface area contributed by atoms with Crippen molar-refractivity contribution in [2.24, 2.45) is 0 Å². The summed E-state index contributed by atoms with van der Waals surface area (Å²) in [6.07, 6.45) is 3.63. The number of hydrogen-bond acceptors (Lipinski definition) is 3. The first kappa shape index (κ1) is 24.3. The van der Waals surface area contributed by atoms with E-state index in [1.54, 1.807) is 30.3 Å². The summed E-state index contributed by atoms with van der Waals surface area (Å²) in [7, 11) is 0. The predicted molar refractivity (Wildman–Crippen MR) is 149 cm³/mol. The zero-order chi connectivity index (χ0) is 25.4. The predicted octanol–water partition coefficient (Wildman–Crippen LogP) is 6.56. The highest BCUT2D eigenvalue weighted by Crippen LogP contribution is 2.30. The van der Waals surface area contributed by atoms with Gasteiger partial charge in [0.2, 0.25) is 0 Å². The first-order valence-corrected chi connectivity index (χ1v) is 12.5. The second-order valence-electron chi connectivity index (χ2n) is 8.36. The highest BCUT2D eigenvalue weighted by atomic mass is 35.5. The second-order valence-corrected chi connectivity index (χ2v) is 9.60. The van der Waals surface area contributed by atoms with E-state index in [0.29, 0.717) is 28.8 Å². The molecule has 0 spiro atoms. The molecule has 2 amide bonds. The topological polar surface area (TPSA) is 45.6 Å². The zero-order valence-electron chi connectivity index (χ0n) is 19.3. The number of carbonyl (C=O) groups is 2. The fourth-order valence-corrected chi connectivity index (χ4v) is 4.99. The minimum atomic E-state index is -0.466. The van der Waals surface area contributed by atoms with Gasteiger partial charge in [-0.25, -0.2) is 0 Å². The summed E-state index contributed by atoms with van der Waals surface area (Å²) in [4.78, 5) is 29.8. The summed E-state index contributed by atoms with van der Waals surface area (Å²) in [5.41, 5.74) is 3.45. The molecule has 180 valence electrons. The van der Waals surface area contributed by atoms with Crippen LogP contribution in [0.1, 0.15) is 18.1 Å². The van der Waals surface area contributed by atoms with Gasteiger partial charge in [-0.2, -0.15) is 0 Å². The lowest BCUT2D eigenvalue weighted by Gasteiger charge is -2.36. The largest absolute Gasteiger partial charge is 0.342 e. The molecule has 0 radical (unpaired) electrons. The lowest BCUT2D eigenvalue weighted by Crippen LogP contribution is -2.56. The molecule has 1 aliphatic heterocycles. The molecule has 0 atom stereocenters. The number of benzene rings is 3. The van der Waals surface area contributed by atoms with Crippen LogP contribution in [0.2, 0.25) is 10.0 Å². The maximum atomic E-state index is 13.6. The molecule has 3 aromatic carbocycles. The number of fused-ring (bicyclic) bond motifs is 1. The van der Waals surface area contributed by atoms with E-state index in [4.69, 9.17) is 35.4 Å². The van der Waals surface area contributed by atoms with Crippen molar-refractivity contribution in [3.8, 4) is 0 Å². The Hall–Kier alpha value is -3.45. The molecule has 36 heavy (non-hydrogen) atoms. The molecule has 0 saturated carbocycles. The van der Waals surface area contributed by atoms with Gasteiger partial charge >= 0.3 is 0 Å². The SMILES string of the molecule is CCN1C(=O)/C(=C\c2cn(Cc3ccc(Cl)cc3)c3ccccc23)C(=O)N(c2ccc(Cl)cc2)C1=S. The quantitative estimate of drug-likeness (QED) is 0.166. The van der Waals surface area contributed by atoms with Crippen LogP contribution < -0.4 is 4.90 Å². The summed E-state index contributed by atoms with van der Waals surface area (Å²) in [5, 5.41) is 2.31. The van der Waals surface area contributed by atoms with Gasteiger partial charge in [-0.3, -0.25) is 19.4 Å². The first-order valence-electron chi connectivity index (χ1n) is 11.4. The fraction of sp³-hybridized carbons (Fsp3) is 0.107. The Morgan fingerprint density at radius 3 is 2.17 bits per heavy atom. The van der Waals surface area contributed by atoms with E-state index < -0.39 is 11.8 Å². The van der Waals surface area contributed by atoms with Crippen molar-refractivity contribution in [3.63, 3.8) is 0 Å². The molecule has 8 heteroatoms. The van der Waals surface area contributed by atoms with Crippen molar-refractivity contribution in [1.29, 1.82) is 0 Å². The van der Waals surface area contributed by atoms with E-state index in [1.165, 1.54) is 9.80 Å². The third-order valence-electron chi connectivity index (χ3n) is 6.12. The van der Waals surface area contributed by atoms with Gasteiger partial charge in [0.05, 0.1) is 5.69 Å². The number of aromatic nitrogens is 1. The summed E-state index contributed by atoms with van der Waals surface area (Å²) in [6.45, 7) is 2.78. The van der Waals surface area contributed by atoms with E-state index in [2.05, 4.69) is 4.57 Å². The summed E-state index contributed by atoms with van der Waals surface area (Å²) < 4.78 is 2.10. The Kier molecular flexibility index (Phi) is 6.67. The summed E-state index contributed by atoms with van der Waals surface area (Å²) >= 11 is 17.6. The molecule has 1 fully saturated rings. The summed E-state index contributed by atoms with van der Waals surface area (Å²) in [6, 6.07) is 22.4. The van der Waals surface area contributed by atoms with Crippen molar-refractivity contribution in [2.45, 2.75) is 13.5 Å². The number of thiocarbonyl (C=S) groups is 1. The van der Waals surface area contributed by atoms with Crippen LogP contribution in [-0.4, -0.2) is 32.9 Å². The Bertz CT molecular complexity index is 1520. The van der Waals surface area contributed by atoms with Crippen LogP contribution in [0.3, 0.4) is 0 Å². The van der Waals surface area contributed by atoms with Crippen molar-refractivity contribution >= 4 is 75.0 Å².